The molecule has 0 atom stereocenters. The molecule has 4 heteroatoms. The lowest BCUT2D eigenvalue weighted by Crippen LogP contribution is -2.25. The molecular formula is C15H23NO3. The highest BCUT2D eigenvalue weighted by atomic mass is 16.4. The maximum atomic E-state index is 10.9. The summed E-state index contributed by atoms with van der Waals surface area (Å²) in [6.45, 7) is 5.62. The number of nitrogens with one attached hydrogen (secondary N) is 1. The summed E-state index contributed by atoms with van der Waals surface area (Å²) in [6.07, 6.45) is 5.25. The van der Waals surface area contributed by atoms with Gasteiger partial charge < -0.3 is 14.8 Å². The summed E-state index contributed by atoms with van der Waals surface area (Å²) in [7, 11) is 0. The first kappa shape index (κ1) is 14.1. The number of aromatic carboxylic acids is 1. The van der Waals surface area contributed by atoms with Gasteiger partial charge in [-0.25, -0.2) is 4.79 Å². The van der Waals surface area contributed by atoms with Crippen molar-refractivity contribution >= 4 is 5.97 Å². The molecule has 4 nitrogen and oxygen atoms in total. The predicted molar refractivity (Wildman–Crippen MR) is 73.2 cm³/mol. The molecule has 1 heterocycles. The Bertz CT molecular complexity index is 431. The molecule has 0 unspecified atom stereocenters. The molecule has 19 heavy (non-hydrogen) atoms. The van der Waals surface area contributed by atoms with Gasteiger partial charge in [0, 0.05) is 0 Å². The quantitative estimate of drug-likeness (QED) is 0.858. The van der Waals surface area contributed by atoms with Gasteiger partial charge in [0.25, 0.3) is 0 Å². The van der Waals surface area contributed by atoms with Crippen LogP contribution < -0.4 is 5.32 Å². The van der Waals surface area contributed by atoms with Crippen LogP contribution in [0.3, 0.4) is 0 Å². The van der Waals surface area contributed by atoms with E-state index in [0.29, 0.717) is 18.1 Å². The lowest BCUT2D eigenvalue weighted by atomic mass is 9.83. The normalized spacial score (nSPS) is 23.5. The van der Waals surface area contributed by atoms with Crippen LogP contribution in [0.5, 0.6) is 0 Å². The number of carbonyl (C=O) groups is 1. The topological polar surface area (TPSA) is 62.5 Å². The van der Waals surface area contributed by atoms with Crippen molar-refractivity contribution < 1.29 is 14.3 Å². The largest absolute Gasteiger partial charge is 0.478 e. The summed E-state index contributed by atoms with van der Waals surface area (Å²) in [5.74, 6) is 1.90. The fourth-order valence-electron chi connectivity index (χ4n) is 2.78. The Hall–Kier alpha value is -1.29. The van der Waals surface area contributed by atoms with Gasteiger partial charge in [0.15, 0.2) is 0 Å². The standard InChI is InChI=1S/C15H23NO3/c1-10-3-5-12(6-4-10)8-16-9-13-7-14(15(17)18)11(2)19-13/h7,10,12,16H,3-6,8-9H2,1-2H3,(H,17,18). The van der Waals surface area contributed by atoms with Crippen molar-refractivity contribution in [3.05, 3.63) is 23.2 Å². The summed E-state index contributed by atoms with van der Waals surface area (Å²) in [5, 5.41) is 12.3. The highest BCUT2D eigenvalue weighted by molar-refractivity contribution is 5.88. The molecule has 1 aromatic rings. The highest BCUT2D eigenvalue weighted by Crippen LogP contribution is 2.27. The third-order valence-corrected chi connectivity index (χ3v) is 4.07. The van der Waals surface area contributed by atoms with Crippen LogP contribution in [0.4, 0.5) is 0 Å². The average molecular weight is 265 g/mol. The predicted octanol–water partition coefficient (Wildman–Crippen LogP) is 3.20. The van der Waals surface area contributed by atoms with Crippen LogP contribution >= 0.6 is 0 Å². The Morgan fingerprint density at radius 1 is 1.42 bits per heavy atom. The second-order valence-corrected chi connectivity index (χ2v) is 5.74. The number of furan rings is 1. The average Bonchev–Trinajstić information content (AvgIpc) is 2.73. The zero-order valence-electron chi connectivity index (χ0n) is 11.7. The van der Waals surface area contributed by atoms with Gasteiger partial charge in [-0.1, -0.05) is 19.8 Å². The van der Waals surface area contributed by atoms with Gasteiger partial charge in [0.1, 0.15) is 17.1 Å². The number of aryl methyl sites for hydroxylation is 1. The maximum Gasteiger partial charge on any atom is 0.339 e. The first-order valence-corrected chi connectivity index (χ1v) is 7.09. The minimum Gasteiger partial charge on any atom is -0.478 e. The van der Waals surface area contributed by atoms with Gasteiger partial charge in [-0.05, 0) is 44.2 Å². The Morgan fingerprint density at radius 2 is 2.11 bits per heavy atom. The molecule has 0 spiro atoms. The number of carboxylic acids is 1. The van der Waals surface area contributed by atoms with E-state index < -0.39 is 5.97 Å². The van der Waals surface area contributed by atoms with Gasteiger partial charge in [0.2, 0.25) is 0 Å². The minimum atomic E-state index is -0.922. The molecule has 2 N–H and O–H groups in total. The fourth-order valence-corrected chi connectivity index (χ4v) is 2.78. The van der Waals surface area contributed by atoms with E-state index in [-0.39, 0.29) is 5.56 Å². The van der Waals surface area contributed by atoms with Crippen LogP contribution in [0.15, 0.2) is 10.5 Å². The molecule has 0 radical (unpaired) electrons. The molecule has 1 saturated carbocycles. The van der Waals surface area contributed by atoms with E-state index in [1.165, 1.54) is 25.7 Å². The zero-order chi connectivity index (χ0) is 13.8. The third kappa shape index (κ3) is 3.83. The van der Waals surface area contributed by atoms with Crippen molar-refractivity contribution in [2.45, 2.75) is 46.1 Å². The molecule has 0 amide bonds. The van der Waals surface area contributed by atoms with E-state index in [4.69, 9.17) is 9.52 Å². The first-order valence-electron chi connectivity index (χ1n) is 7.09. The SMILES string of the molecule is Cc1oc(CNCC2CCC(C)CC2)cc1C(=O)O. The summed E-state index contributed by atoms with van der Waals surface area (Å²) < 4.78 is 5.44. The molecule has 1 aliphatic rings. The third-order valence-electron chi connectivity index (χ3n) is 4.07. The summed E-state index contributed by atoms with van der Waals surface area (Å²) >= 11 is 0. The van der Waals surface area contributed by atoms with Gasteiger partial charge in [-0.2, -0.15) is 0 Å². The van der Waals surface area contributed by atoms with Crippen LogP contribution in [-0.2, 0) is 6.54 Å². The maximum absolute atomic E-state index is 10.9. The monoisotopic (exact) mass is 265 g/mol. The van der Waals surface area contributed by atoms with Crippen molar-refractivity contribution in [3.8, 4) is 0 Å². The van der Waals surface area contributed by atoms with Gasteiger partial charge in [-0.3, -0.25) is 0 Å². The number of hydrogen-bond acceptors (Lipinski definition) is 3. The molecule has 0 aliphatic heterocycles. The lowest BCUT2D eigenvalue weighted by molar-refractivity contribution is 0.0695. The second-order valence-electron chi connectivity index (χ2n) is 5.74. The van der Waals surface area contributed by atoms with Gasteiger partial charge in [0.05, 0.1) is 6.54 Å². The van der Waals surface area contributed by atoms with E-state index in [2.05, 4.69) is 12.2 Å². The van der Waals surface area contributed by atoms with E-state index in [9.17, 15) is 4.79 Å². The zero-order valence-corrected chi connectivity index (χ0v) is 11.7. The first-order chi connectivity index (χ1) is 9.06. The molecule has 2 rings (SSSR count). The summed E-state index contributed by atoms with van der Waals surface area (Å²) in [4.78, 5) is 10.9. The summed E-state index contributed by atoms with van der Waals surface area (Å²) in [5.41, 5.74) is 0.267. The smallest absolute Gasteiger partial charge is 0.339 e. The van der Waals surface area contributed by atoms with Crippen LogP contribution in [-0.4, -0.2) is 17.6 Å². The van der Waals surface area contributed by atoms with Crippen LogP contribution in [0.1, 0.15) is 54.5 Å². The molecule has 0 saturated heterocycles. The number of carboxylic acid groups (broad SMARTS) is 1. The Balaban J connectivity index is 1.76. The van der Waals surface area contributed by atoms with Gasteiger partial charge >= 0.3 is 5.97 Å². The molecule has 1 aromatic heterocycles. The Kier molecular flexibility index (Phi) is 4.64. The van der Waals surface area contributed by atoms with Crippen LogP contribution in [0, 0.1) is 18.8 Å². The van der Waals surface area contributed by atoms with Crippen molar-refractivity contribution in [1.29, 1.82) is 0 Å². The molecule has 0 aromatic carbocycles. The van der Waals surface area contributed by atoms with Gasteiger partial charge in [-0.15, -0.1) is 0 Å². The van der Waals surface area contributed by atoms with E-state index in [1.807, 2.05) is 0 Å². The highest BCUT2D eigenvalue weighted by Gasteiger charge is 2.18. The van der Waals surface area contributed by atoms with Crippen molar-refractivity contribution in [2.75, 3.05) is 6.54 Å². The lowest BCUT2D eigenvalue weighted by Gasteiger charge is -2.26. The van der Waals surface area contributed by atoms with Crippen LogP contribution in [0.2, 0.25) is 0 Å². The van der Waals surface area contributed by atoms with E-state index in [0.717, 1.165) is 18.4 Å². The van der Waals surface area contributed by atoms with Crippen molar-refractivity contribution in [3.63, 3.8) is 0 Å². The molecule has 1 aliphatic carbocycles. The van der Waals surface area contributed by atoms with Crippen molar-refractivity contribution in [2.24, 2.45) is 11.8 Å². The Labute approximate surface area is 114 Å². The van der Waals surface area contributed by atoms with Crippen LogP contribution in [0.25, 0.3) is 0 Å². The molecular weight excluding hydrogens is 242 g/mol. The summed E-state index contributed by atoms with van der Waals surface area (Å²) in [6, 6.07) is 1.62. The van der Waals surface area contributed by atoms with E-state index in [1.54, 1.807) is 13.0 Å². The second kappa shape index (κ2) is 6.24. The number of hydrogen-bond donors (Lipinski definition) is 2. The number of rotatable bonds is 5. The molecule has 106 valence electrons. The Morgan fingerprint density at radius 3 is 2.68 bits per heavy atom. The fraction of sp³-hybridized carbons (Fsp3) is 0.667. The van der Waals surface area contributed by atoms with E-state index >= 15 is 0 Å². The minimum absolute atomic E-state index is 0.267. The molecule has 0 bridgehead atoms. The molecule has 1 fully saturated rings. The van der Waals surface area contributed by atoms with Crippen molar-refractivity contribution in [1.82, 2.24) is 5.32 Å².